The van der Waals surface area contributed by atoms with Crippen molar-refractivity contribution in [2.24, 2.45) is 0 Å². The minimum Gasteiger partial charge on any atom is -0.396 e. The molecule has 15 heteroatoms. The van der Waals surface area contributed by atoms with Crippen molar-refractivity contribution in [2.75, 3.05) is 46.2 Å². The molecule has 0 saturated heterocycles. The third kappa shape index (κ3) is 7.47. The Balaban J connectivity index is 3.78. The summed E-state index contributed by atoms with van der Waals surface area (Å²) in [5.41, 5.74) is 4.63. The molecule has 2 aromatic carbocycles. The molecule has 2 aromatic rings. The van der Waals surface area contributed by atoms with Crippen LogP contribution in [0.25, 0.3) is 0 Å². The van der Waals surface area contributed by atoms with Crippen molar-refractivity contribution in [2.45, 2.75) is 94.3 Å². The molecule has 0 unspecified atom stereocenters. The van der Waals surface area contributed by atoms with Crippen LogP contribution < -0.4 is 10.4 Å². The van der Waals surface area contributed by atoms with E-state index in [1.54, 1.807) is 0 Å². The molecule has 0 aliphatic heterocycles. The summed E-state index contributed by atoms with van der Waals surface area (Å²) in [6, 6.07) is 22.8. The maximum Gasteiger partial charge on any atom is 0.540 e. The molecule has 0 atom stereocenters. The molecule has 0 saturated carbocycles. The predicted molar refractivity (Wildman–Crippen MR) is 241 cm³/mol. The highest BCUT2D eigenvalue weighted by atomic mass is 30.1. The lowest BCUT2D eigenvalue weighted by Gasteiger charge is -2.65. The van der Waals surface area contributed by atoms with Crippen LogP contribution in [0, 0.1) is 0 Å². The van der Waals surface area contributed by atoms with Gasteiger partial charge < -0.3 is 31.0 Å². The Morgan fingerprint density at radius 3 is 1.02 bits per heavy atom. The summed E-state index contributed by atoms with van der Waals surface area (Å²) in [6.45, 7) is 45.3. The van der Waals surface area contributed by atoms with E-state index in [4.69, 9.17) is 44.1 Å². The third-order valence-corrected chi connectivity index (χ3v) is 143. The van der Waals surface area contributed by atoms with E-state index in [1.165, 1.54) is 10.4 Å². The van der Waals surface area contributed by atoms with Gasteiger partial charge in [-0.25, -0.2) is 0 Å². The zero-order valence-corrected chi connectivity index (χ0v) is 43.1. The van der Waals surface area contributed by atoms with E-state index in [9.17, 15) is 0 Å². The molecule has 0 heterocycles. The van der Waals surface area contributed by atoms with E-state index < -0.39 is 59.5 Å². The third-order valence-electron chi connectivity index (χ3n) is 11.8. The smallest absolute Gasteiger partial charge is 0.396 e. The summed E-state index contributed by atoms with van der Waals surface area (Å²) in [5, 5.41) is 2.79. The van der Waals surface area contributed by atoms with E-state index >= 15 is 0 Å². The van der Waals surface area contributed by atoms with Gasteiger partial charge in [0.15, 0.2) is 7.11 Å². The number of hydrogen-bond acceptors (Lipinski definition) is 7. The highest BCUT2D eigenvalue weighted by Crippen LogP contribution is 2.49. The molecule has 0 aliphatic rings. The van der Waals surface area contributed by atoms with Crippen molar-refractivity contribution >= 4 is 69.9 Å². The Morgan fingerprint density at radius 1 is 0.442 bits per heavy atom. The molecule has 0 aliphatic carbocycles. The molecular formula is C37H72O7Si8. The Morgan fingerprint density at radius 2 is 0.750 bits per heavy atom. The maximum absolute atomic E-state index is 7.70. The van der Waals surface area contributed by atoms with E-state index in [0.717, 1.165) is 0 Å². The van der Waals surface area contributed by atoms with Crippen LogP contribution in [0.2, 0.25) is 45.8 Å². The van der Waals surface area contributed by atoms with Crippen LogP contribution in [0.15, 0.2) is 85.2 Å². The highest BCUT2D eigenvalue weighted by molar-refractivity contribution is 8.06. The molecule has 294 valence electrons. The van der Waals surface area contributed by atoms with E-state index in [0.29, 0.717) is 46.2 Å². The average molecular weight is 854 g/mol. The molecule has 0 N–H and O–H groups in total. The molecule has 0 spiro atoms. The molecule has 7 nitrogen and oxygen atoms in total. The van der Waals surface area contributed by atoms with E-state index in [1.807, 2.05) is 34.6 Å². The van der Waals surface area contributed by atoms with Gasteiger partial charge in [-0.15, -0.1) is 13.2 Å². The van der Waals surface area contributed by atoms with Crippen LogP contribution in [-0.4, -0.2) is 106 Å². The molecule has 0 bridgehead atoms. The van der Waals surface area contributed by atoms with Crippen molar-refractivity contribution < 1.29 is 31.0 Å². The minimum atomic E-state index is -4.03. The van der Waals surface area contributed by atoms with Gasteiger partial charge >= 0.3 is 23.5 Å². The van der Waals surface area contributed by atoms with Crippen LogP contribution in [-0.2, 0) is 31.0 Å². The average Bonchev–Trinajstić information content (AvgIpc) is 3.10. The Bertz CT molecular complexity index is 1310. The first-order chi connectivity index (χ1) is 24.5. The van der Waals surface area contributed by atoms with Gasteiger partial charge in [0.05, 0.1) is 0 Å². The maximum atomic E-state index is 7.70. The van der Waals surface area contributed by atoms with Gasteiger partial charge in [0.2, 0.25) is 0 Å². The number of benzene rings is 2. The van der Waals surface area contributed by atoms with Crippen LogP contribution in [0.1, 0.15) is 48.5 Å². The molecular weight excluding hydrogens is 781 g/mol. The Hall–Kier alpha value is -0.625. The zero-order valence-electron chi connectivity index (χ0n) is 35.1. The fourth-order valence-corrected chi connectivity index (χ4v) is 202. The van der Waals surface area contributed by atoms with E-state index in [2.05, 4.69) is 132 Å². The second-order valence-electron chi connectivity index (χ2n) is 15.1. The monoisotopic (exact) mass is 852 g/mol. The molecule has 0 aromatic heterocycles. The molecule has 52 heavy (non-hydrogen) atoms. The van der Waals surface area contributed by atoms with Gasteiger partial charge in [-0.05, 0) is 48.5 Å². The molecule has 2 rings (SSSR count). The molecule has 0 amide bonds. The van der Waals surface area contributed by atoms with E-state index in [-0.39, 0.29) is 0 Å². The first-order valence-corrected chi connectivity index (χ1v) is 45.4. The minimum absolute atomic E-state index is 0.364. The normalized spacial score (nSPS) is 14.0. The van der Waals surface area contributed by atoms with Crippen LogP contribution in [0.5, 0.6) is 0 Å². The quantitative estimate of drug-likeness (QED) is 0.0959. The predicted octanol–water partition coefficient (Wildman–Crippen LogP) is 7.53. The van der Waals surface area contributed by atoms with Crippen molar-refractivity contribution in [3.63, 3.8) is 0 Å². The summed E-state index contributed by atoms with van der Waals surface area (Å²) in [7, 11) is -24.8. The van der Waals surface area contributed by atoms with Gasteiger partial charge in [0.1, 0.15) is 7.11 Å². The second-order valence-corrected chi connectivity index (χ2v) is 84.6. The topological polar surface area (TPSA) is 64.6 Å². The summed E-state index contributed by atoms with van der Waals surface area (Å²) in [5.74, 6) is 0. The van der Waals surface area contributed by atoms with Crippen molar-refractivity contribution in [3.05, 3.63) is 85.2 Å². The lowest BCUT2D eigenvalue weighted by molar-refractivity contribution is 0.0632. The molecule has 0 radical (unpaired) electrons. The van der Waals surface area contributed by atoms with Gasteiger partial charge in [0.25, 0.3) is 0 Å². The largest absolute Gasteiger partial charge is 0.540 e. The Kier molecular flexibility index (Phi) is 17.8. The lowest BCUT2D eigenvalue weighted by Crippen LogP contribution is -3.04. The lowest BCUT2D eigenvalue weighted by atomic mass is 10.4. The summed E-state index contributed by atoms with van der Waals surface area (Å²) >= 11 is 0. The highest BCUT2D eigenvalue weighted by Gasteiger charge is 2.91. The van der Waals surface area contributed by atoms with Crippen LogP contribution in [0.4, 0.5) is 0 Å². The van der Waals surface area contributed by atoms with Gasteiger partial charge in [-0.3, -0.25) is 0 Å². The standard InChI is InChI=1S/C37H72O7Si8/c1-17-38-50(39-18-2,40-19-3)52(43-22-6,44-23-7)51(41-20-4,42-21-5)48(24-8,25-9)49(36-32-28-26-29-33-36,37-34-30-27-31-35-37)47(15,16)46(13,14)45(10,11)12/h24-35H,8-9,17-23H2,1-7,10-16H3. The SMILES string of the molecule is C=C[Si](C=C)([Si](OCC)(OCC)[Si](OCC)(OCC)[Si](OCC)(OCC)OCC)[Si](c1ccccc1)(c1ccccc1)[Si](C)(C)[Si](C)(C)[Si](C)(C)C. The molecule has 0 fully saturated rings. The number of hydrogen-bond donors (Lipinski definition) is 0. The summed E-state index contributed by atoms with van der Waals surface area (Å²) in [4.78, 5) is 0. The second kappa shape index (κ2) is 19.5. The van der Waals surface area contributed by atoms with Crippen molar-refractivity contribution in [1.82, 2.24) is 0 Å². The Labute approximate surface area is 324 Å². The zero-order chi connectivity index (χ0) is 39.5. The van der Waals surface area contributed by atoms with Crippen LogP contribution >= 0.6 is 0 Å². The first kappa shape index (κ1) is 47.5. The van der Waals surface area contributed by atoms with Crippen LogP contribution in [0.3, 0.4) is 0 Å². The fourth-order valence-electron chi connectivity index (χ4n) is 8.72. The summed E-state index contributed by atoms with van der Waals surface area (Å²) in [6.07, 6.45) is 0. The van der Waals surface area contributed by atoms with Gasteiger partial charge in [0, 0.05) is 68.1 Å². The van der Waals surface area contributed by atoms with Gasteiger partial charge in [-0.2, -0.15) is 0 Å². The van der Waals surface area contributed by atoms with Crippen molar-refractivity contribution in [1.29, 1.82) is 0 Å². The van der Waals surface area contributed by atoms with Gasteiger partial charge in [-0.1, -0.05) is 128 Å². The summed E-state index contributed by atoms with van der Waals surface area (Å²) < 4.78 is 51.2. The van der Waals surface area contributed by atoms with Crippen molar-refractivity contribution in [3.8, 4) is 0 Å². The fraction of sp³-hybridized carbons (Fsp3) is 0.568. The number of rotatable bonds is 25. The first-order valence-electron chi connectivity index (χ1n) is 19.4.